The van der Waals surface area contributed by atoms with Gasteiger partial charge >= 0.3 is 5.97 Å². The summed E-state index contributed by atoms with van der Waals surface area (Å²) in [5, 5.41) is 3.21. The van der Waals surface area contributed by atoms with E-state index in [4.69, 9.17) is 16.3 Å². The number of esters is 1. The van der Waals surface area contributed by atoms with Crippen LogP contribution in [0.5, 0.6) is 0 Å². The number of carbonyl (C=O) groups excluding carboxylic acids is 2. The lowest BCUT2D eigenvalue weighted by atomic mass is 9.92. The van der Waals surface area contributed by atoms with Crippen molar-refractivity contribution in [2.75, 3.05) is 6.61 Å². The van der Waals surface area contributed by atoms with Gasteiger partial charge < -0.3 is 10.1 Å². The van der Waals surface area contributed by atoms with Crippen LogP contribution in [0.25, 0.3) is 0 Å². The molecule has 0 spiro atoms. The summed E-state index contributed by atoms with van der Waals surface area (Å²) < 4.78 is 4.97. The number of benzene rings is 1. The van der Waals surface area contributed by atoms with Gasteiger partial charge in [-0.05, 0) is 18.6 Å². The van der Waals surface area contributed by atoms with Crippen LogP contribution in [0, 0.1) is 0 Å². The highest BCUT2D eigenvalue weighted by molar-refractivity contribution is 6.31. The number of nitrogens with one attached hydrogen (secondary N) is 1. The van der Waals surface area contributed by atoms with Crippen LogP contribution in [-0.2, 0) is 14.3 Å². The van der Waals surface area contributed by atoms with Gasteiger partial charge in [-0.15, -0.1) is 0 Å². The Balaban J connectivity index is 2.28. The largest absolute Gasteiger partial charge is 0.464 e. The average Bonchev–Trinajstić information content (AvgIpc) is 2.72. The first-order valence-corrected chi connectivity index (χ1v) is 6.21. The molecule has 1 aliphatic heterocycles. The maximum absolute atomic E-state index is 11.8. The number of rotatable bonds is 3. The average molecular weight is 268 g/mol. The van der Waals surface area contributed by atoms with Crippen LogP contribution >= 0.6 is 11.6 Å². The number of halogens is 1. The maximum atomic E-state index is 11.8. The molecule has 1 heterocycles. The molecule has 1 amide bonds. The van der Waals surface area contributed by atoms with Crippen molar-refractivity contribution in [2.45, 2.75) is 25.3 Å². The van der Waals surface area contributed by atoms with Crippen LogP contribution in [0.3, 0.4) is 0 Å². The Morgan fingerprint density at radius 3 is 2.89 bits per heavy atom. The number of ether oxygens (including phenoxy) is 1. The van der Waals surface area contributed by atoms with E-state index in [2.05, 4.69) is 5.32 Å². The lowest BCUT2D eigenvalue weighted by Crippen LogP contribution is -2.37. The first kappa shape index (κ1) is 12.9. The van der Waals surface area contributed by atoms with Crippen LogP contribution in [0.1, 0.15) is 24.8 Å². The van der Waals surface area contributed by atoms with Crippen LogP contribution < -0.4 is 5.32 Å². The molecule has 96 valence electrons. The molecule has 5 heteroatoms. The van der Waals surface area contributed by atoms with Gasteiger partial charge in [-0.1, -0.05) is 29.8 Å². The second kappa shape index (κ2) is 5.40. The Morgan fingerprint density at radius 2 is 2.22 bits per heavy atom. The Bertz CT molecular complexity index is 475. The van der Waals surface area contributed by atoms with E-state index in [-0.39, 0.29) is 18.2 Å². The smallest absolute Gasteiger partial charge is 0.329 e. The fourth-order valence-corrected chi connectivity index (χ4v) is 2.45. The van der Waals surface area contributed by atoms with Gasteiger partial charge in [-0.25, -0.2) is 4.79 Å². The van der Waals surface area contributed by atoms with E-state index < -0.39 is 12.0 Å². The molecule has 0 radical (unpaired) electrons. The number of hydrogen-bond donors (Lipinski definition) is 1. The van der Waals surface area contributed by atoms with Crippen molar-refractivity contribution in [1.82, 2.24) is 5.32 Å². The fraction of sp³-hybridized carbons (Fsp3) is 0.385. The molecule has 1 saturated heterocycles. The zero-order valence-electron chi connectivity index (χ0n) is 9.98. The Kier molecular flexibility index (Phi) is 3.87. The van der Waals surface area contributed by atoms with Crippen LogP contribution in [-0.4, -0.2) is 24.5 Å². The van der Waals surface area contributed by atoms with E-state index in [9.17, 15) is 9.59 Å². The molecule has 0 saturated carbocycles. The van der Waals surface area contributed by atoms with Gasteiger partial charge in [-0.2, -0.15) is 0 Å². The third-order valence-electron chi connectivity index (χ3n) is 2.97. The third kappa shape index (κ3) is 2.48. The molecule has 1 N–H and O–H groups in total. The van der Waals surface area contributed by atoms with Crippen molar-refractivity contribution < 1.29 is 14.3 Å². The predicted molar refractivity (Wildman–Crippen MR) is 67.4 cm³/mol. The van der Waals surface area contributed by atoms with E-state index in [1.54, 1.807) is 13.0 Å². The number of hydrogen-bond acceptors (Lipinski definition) is 3. The molecule has 1 aromatic carbocycles. The molecule has 2 rings (SSSR count). The van der Waals surface area contributed by atoms with E-state index in [1.165, 1.54) is 0 Å². The van der Waals surface area contributed by atoms with Crippen molar-refractivity contribution in [1.29, 1.82) is 0 Å². The summed E-state index contributed by atoms with van der Waals surface area (Å²) in [6.45, 7) is 2.03. The fourth-order valence-electron chi connectivity index (χ4n) is 2.17. The molecule has 18 heavy (non-hydrogen) atoms. The van der Waals surface area contributed by atoms with Crippen molar-refractivity contribution in [3.05, 3.63) is 34.9 Å². The lowest BCUT2D eigenvalue weighted by molar-refractivity contribution is -0.146. The number of carbonyl (C=O) groups is 2. The van der Waals surface area contributed by atoms with Crippen LogP contribution in [0.4, 0.5) is 0 Å². The third-order valence-corrected chi connectivity index (χ3v) is 3.31. The van der Waals surface area contributed by atoms with Crippen LogP contribution in [0.2, 0.25) is 5.02 Å². The van der Waals surface area contributed by atoms with Crippen molar-refractivity contribution >= 4 is 23.5 Å². The highest BCUT2D eigenvalue weighted by Gasteiger charge is 2.40. The molecule has 0 aromatic heterocycles. The topological polar surface area (TPSA) is 55.4 Å². The molecule has 2 atom stereocenters. The standard InChI is InChI=1S/C13H14ClNO3/c1-2-18-13(17)12-9(7-11(16)15-12)8-5-3-4-6-10(8)14/h3-6,9,12H,2,7H2,1H3,(H,15,16). The van der Waals surface area contributed by atoms with Gasteiger partial charge in [-0.3, -0.25) is 4.79 Å². The van der Waals surface area contributed by atoms with E-state index >= 15 is 0 Å². The summed E-state index contributed by atoms with van der Waals surface area (Å²) >= 11 is 6.11. The first-order chi connectivity index (χ1) is 8.63. The minimum absolute atomic E-state index is 0.155. The first-order valence-electron chi connectivity index (χ1n) is 5.84. The molecular formula is C13H14ClNO3. The number of amides is 1. The van der Waals surface area contributed by atoms with Gasteiger partial charge in [0.05, 0.1) is 6.61 Å². The van der Waals surface area contributed by atoms with Gasteiger partial charge in [0.25, 0.3) is 0 Å². The molecule has 4 nitrogen and oxygen atoms in total. The van der Waals surface area contributed by atoms with Gasteiger partial charge in [0.1, 0.15) is 6.04 Å². The monoisotopic (exact) mass is 267 g/mol. The van der Waals surface area contributed by atoms with Crippen molar-refractivity contribution in [2.24, 2.45) is 0 Å². The van der Waals surface area contributed by atoms with Gasteiger partial charge in [0, 0.05) is 17.4 Å². The highest BCUT2D eigenvalue weighted by Crippen LogP contribution is 2.33. The second-order valence-corrected chi connectivity index (χ2v) is 4.54. The molecule has 2 unspecified atom stereocenters. The Labute approximate surface area is 110 Å². The SMILES string of the molecule is CCOC(=O)C1NC(=O)CC1c1ccccc1Cl. The normalized spacial score (nSPS) is 22.7. The van der Waals surface area contributed by atoms with Crippen LogP contribution in [0.15, 0.2) is 24.3 Å². The zero-order chi connectivity index (χ0) is 13.1. The van der Waals surface area contributed by atoms with Crippen molar-refractivity contribution in [3.63, 3.8) is 0 Å². The quantitative estimate of drug-likeness (QED) is 0.851. The summed E-state index contributed by atoms with van der Waals surface area (Å²) in [6.07, 6.45) is 0.257. The second-order valence-electron chi connectivity index (χ2n) is 4.13. The molecule has 0 bridgehead atoms. The summed E-state index contributed by atoms with van der Waals surface area (Å²) in [5.41, 5.74) is 0.801. The zero-order valence-corrected chi connectivity index (χ0v) is 10.7. The predicted octanol–water partition coefficient (Wildman–Crippen LogP) is 1.88. The summed E-state index contributed by atoms with van der Waals surface area (Å²) in [4.78, 5) is 23.3. The summed E-state index contributed by atoms with van der Waals surface area (Å²) in [6, 6.07) is 6.60. The van der Waals surface area contributed by atoms with Gasteiger partial charge in [0.15, 0.2) is 0 Å². The summed E-state index contributed by atoms with van der Waals surface area (Å²) in [5.74, 6) is -0.823. The molecule has 0 aliphatic carbocycles. The maximum Gasteiger partial charge on any atom is 0.329 e. The van der Waals surface area contributed by atoms with E-state index in [0.29, 0.717) is 11.6 Å². The Hall–Kier alpha value is -1.55. The minimum atomic E-state index is -0.641. The Morgan fingerprint density at radius 1 is 1.50 bits per heavy atom. The van der Waals surface area contributed by atoms with E-state index in [0.717, 1.165) is 5.56 Å². The van der Waals surface area contributed by atoms with Gasteiger partial charge in [0.2, 0.25) is 5.91 Å². The highest BCUT2D eigenvalue weighted by atomic mass is 35.5. The van der Waals surface area contributed by atoms with Crippen molar-refractivity contribution in [3.8, 4) is 0 Å². The van der Waals surface area contributed by atoms with E-state index in [1.807, 2.05) is 18.2 Å². The molecular weight excluding hydrogens is 254 g/mol. The minimum Gasteiger partial charge on any atom is -0.464 e. The molecule has 1 aliphatic rings. The lowest BCUT2D eigenvalue weighted by Gasteiger charge is -2.18. The molecule has 1 fully saturated rings. The molecule has 1 aromatic rings. The summed E-state index contributed by atoms with van der Waals surface area (Å²) in [7, 11) is 0.